The highest BCUT2D eigenvalue weighted by Gasteiger charge is 2.13. The van der Waals surface area contributed by atoms with Gasteiger partial charge in [0.1, 0.15) is 5.82 Å². The van der Waals surface area contributed by atoms with E-state index in [9.17, 15) is 4.39 Å². The maximum absolute atomic E-state index is 13.4. The minimum Gasteiger partial charge on any atom is -0.381 e. The zero-order valence-corrected chi connectivity index (χ0v) is 10.5. The van der Waals surface area contributed by atoms with Crippen LogP contribution in [0.5, 0.6) is 0 Å². The summed E-state index contributed by atoms with van der Waals surface area (Å²) in [5.74, 6) is 0.341. The number of rotatable bonds is 4. The lowest BCUT2D eigenvalue weighted by atomic mass is 10.0. The van der Waals surface area contributed by atoms with Crippen LogP contribution in [0.3, 0.4) is 0 Å². The van der Waals surface area contributed by atoms with E-state index in [4.69, 9.17) is 16.3 Å². The molecule has 0 radical (unpaired) electrons. The van der Waals surface area contributed by atoms with E-state index in [1.165, 1.54) is 12.5 Å². The van der Waals surface area contributed by atoms with Crippen molar-refractivity contribution in [3.05, 3.63) is 34.6 Å². The Morgan fingerprint density at radius 2 is 2.35 bits per heavy atom. The molecule has 0 saturated carbocycles. The van der Waals surface area contributed by atoms with Gasteiger partial charge in [-0.2, -0.15) is 0 Å². The molecule has 1 aromatic carbocycles. The summed E-state index contributed by atoms with van der Waals surface area (Å²) in [6.45, 7) is 3.07. The molecular weight excluding hydrogens is 241 g/mol. The molecule has 1 unspecified atom stereocenters. The summed E-state index contributed by atoms with van der Waals surface area (Å²) in [4.78, 5) is 0. The minimum atomic E-state index is -0.207. The topological polar surface area (TPSA) is 21.3 Å². The highest BCUT2D eigenvalue weighted by Crippen LogP contribution is 2.16. The second-order valence-electron chi connectivity index (χ2n) is 4.45. The lowest BCUT2D eigenvalue weighted by Crippen LogP contribution is -2.29. The maximum Gasteiger partial charge on any atom is 0.127 e. The molecule has 0 amide bonds. The molecule has 1 N–H and O–H groups in total. The van der Waals surface area contributed by atoms with Crippen LogP contribution in [0.1, 0.15) is 18.4 Å². The lowest BCUT2D eigenvalue weighted by Gasteiger charge is -2.22. The van der Waals surface area contributed by atoms with Gasteiger partial charge in [0.2, 0.25) is 0 Å². The van der Waals surface area contributed by atoms with Gasteiger partial charge < -0.3 is 10.1 Å². The van der Waals surface area contributed by atoms with Crippen LogP contribution < -0.4 is 5.32 Å². The van der Waals surface area contributed by atoms with Gasteiger partial charge in [0, 0.05) is 30.3 Å². The van der Waals surface area contributed by atoms with Gasteiger partial charge in [0.05, 0.1) is 6.61 Å². The number of benzene rings is 1. The van der Waals surface area contributed by atoms with Crippen molar-refractivity contribution in [3.8, 4) is 0 Å². The van der Waals surface area contributed by atoms with E-state index in [1.807, 2.05) is 0 Å². The SMILES string of the molecule is Fc1ccc(Cl)cc1CNCC1CCCOC1. The Kier molecular flexibility index (Phi) is 4.77. The van der Waals surface area contributed by atoms with Crippen molar-refractivity contribution >= 4 is 11.6 Å². The molecule has 1 fully saturated rings. The summed E-state index contributed by atoms with van der Waals surface area (Å²) in [6.07, 6.45) is 2.31. The van der Waals surface area contributed by atoms with Gasteiger partial charge in [-0.05, 0) is 37.0 Å². The van der Waals surface area contributed by atoms with Crippen molar-refractivity contribution in [1.29, 1.82) is 0 Å². The molecule has 1 aliphatic rings. The van der Waals surface area contributed by atoms with Crippen LogP contribution in [0.25, 0.3) is 0 Å². The maximum atomic E-state index is 13.4. The average Bonchev–Trinajstić information content (AvgIpc) is 2.35. The smallest absolute Gasteiger partial charge is 0.127 e. The molecule has 2 nitrogen and oxygen atoms in total. The Morgan fingerprint density at radius 1 is 1.47 bits per heavy atom. The number of halogens is 2. The Bertz CT molecular complexity index is 366. The van der Waals surface area contributed by atoms with Crippen molar-refractivity contribution < 1.29 is 9.13 Å². The predicted octanol–water partition coefficient (Wildman–Crippen LogP) is 3.00. The van der Waals surface area contributed by atoms with Crippen LogP contribution >= 0.6 is 11.6 Å². The Hall–Kier alpha value is -0.640. The normalized spacial score (nSPS) is 20.5. The summed E-state index contributed by atoms with van der Waals surface area (Å²) in [7, 11) is 0. The van der Waals surface area contributed by atoms with E-state index >= 15 is 0 Å². The third kappa shape index (κ3) is 3.95. The number of hydrogen-bond donors (Lipinski definition) is 1. The summed E-state index contributed by atoms with van der Waals surface area (Å²) < 4.78 is 18.8. The van der Waals surface area contributed by atoms with Gasteiger partial charge in [-0.1, -0.05) is 11.6 Å². The molecule has 1 aliphatic heterocycles. The first kappa shape index (κ1) is 12.8. The molecule has 1 atom stereocenters. The van der Waals surface area contributed by atoms with Gasteiger partial charge >= 0.3 is 0 Å². The summed E-state index contributed by atoms with van der Waals surface area (Å²) >= 11 is 5.83. The van der Waals surface area contributed by atoms with E-state index in [0.717, 1.165) is 26.2 Å². The Morgan fingerprint density at radius 3 is 3.12 bits per heavy atom. The van der Waals surface area contributed by atoms with Gasteiger partial charge in [-0.15, -0.1) is 0 Å². The van der Waals surface area contributed by atoms with Crippen LogP contribution in [0.2, 0.25) is 5.02 Å². The van der Waals surface area contributed by atoms with Gasteiger partial charge in [-0.3, -0.25) is 0 Å². The van der Waals surface area contributed by atoms with Crippen LogP contribution in [-0.4, -0.2) is 19.8 Å². The summed E-state index contributed by atoms with van der Waals surface area (Å²) in [5.41, 5.74) is 0.620. The van der Waals surface area contributed by atoms with Crippen LogP contribution in [-0.2, 0) is 11.3 Å². The Balaban J connectivity index is 1.79. The highest BCUT2D eigenvalue weighted by molar-refractivity contribution is 6.30. The monoisotopic (exact) mass is 257 g/mol. The van der Waals surface area contributed by atoms with Crippen LogP contribution in [0, 0.1) is 11.7 Å². The van der Waals surface area contributed by atoms with E-state index in [1.54, 1.807) is 12.1 Å². The second-order valence-corrected chi connectivity index (χ2v) is 4.89. The number of hydrogen-bond acceptors (Lipinski definition) is 2. The fourth-order valence-corrected chi connectivity index (χ4v) is 2.25. The van der Waals surface area contributed by atoms with E-state index < -0.39 is 0 Å². The molecule has 94 valence electrons. The predicted molar refractivity (Wildman–Crippen MR) is 66.7 cm³/mol. The molecule has 2 rings (SSSR count). The van der Waals surface area contributed by atoms with Crippen molar-refractivity contribution in [2.45, 2.75) is 19.4 Å². The van der Waals surface area contributed by atoms with Crippen LogP contribution in [0.15, 0.2) is 18.2 Å². The zero-order valence-electron chi connectivity index (χ0n) is 9.72. The van der Waals surface area contributed by atoms with Gasteiger partial charge in [0.25, 0.3) is 0 Å². The van der Waals surface area contributed by atoms with Crippen molar-refractivity contribution in [1.82, 2.24) is 5.32 Å². The van der Waals surface area contributed by atoms with Crippen LogP contribution in [0.4, 0.5) is 4.39 Å². The third-order valence-electron chi connectivity index (χ3n) is 3.01. The quantitative estimate of drug-likeness (QED) is 0.895. The molecule has 1 heterocycles. The van der Waals surface area contributed by atoms with Gasteiger partial charge in [-0.25, -0.2) is 4.39 Å². The highest BCUT2D eigenvalue weighted by atomic mass is 35.5. The molecule has 0 aromatic heterocycles. The standard InChI is InChI=1S/C13H17ClFNO/c14-12-3-4-13(15)11(6-12)8-16-7-10-2-1-5-17-9-10/h3-4,6,10,16H,1-2,5,7-9H2. The fraction of sp³-hybridized carbons (Fsp3) is 0.538. The Labute approximate surface area is 106 Å². The zero-order chi connectivity index (χ0) is 12.1. The van der Waals surface area contributed by atoms with Crippen molar-refractivity contribution in [3.63, 3.8) is 0 Å². The molecule has 0 bridgehead atoms. The second kappa shape index (κ2) is 6.34. The first-order valence-corrected chi connectivity index (χ1v) is 6.36. The van der Waals surface area contributed by atoms with Crippen molar-refractivity contribution in [2.24, 2.45) is 5.92 Å². The largest absolute Gasteiger partial charge is 0.381 e. The average molecular weight is 258 g/mol. The molecule has 4 heteroatoms. The molecule has 1 saturated heterocycles. The van der Waals surface area contributed by atoms with Gasteiger partial charge in [0.15, 0.2) is 0 Å². The molecule has 1 aromatic rings. The van der Waals surface area contributed by atoms with E-state index in [2.05, 4.69) is 5.32 Å². The van der Waals surface area contributed by atoms with Crippen molar-refractivity contribution in [2.75, 3.05) is 19.8 Å². The number of nitrogens with one attached hydrogen (secondary N) is 1. The first-order valence-electron chi connectivity index (χ1n) is 5.98. The molecular formula is C13H17ClFNO. The molecule has 0 spiro atoms. The van der Waals surface area contributed by atoms with E-state index in [0.29, 0.717) is 23.0 Å². The third-order valence-corrected chi connectivity index (χ3v) is 3.25. The number of ether oxygens (including phenoxy) is 1. The fourth-order valence-electron chi connectivity index (χ4n) is 2.06. The minimum absolute atomic E-state index is 0.207. The lowest BCUT2D eigenvalue weighted by molar-refractivity contribution is 0.0547. The molecule has 17 heavy (non-hydrogen) atoms. The van der Waals surface area contributed by atoms with E-state index in [-0.39, 0.29) is 5.82 Å². The summed E-state index contributed by atoms with van der Waals surface area (Å²) in [5, 5.41) is 3.83. The first-order chi connectivity index (χ1) is 8.25. The molecule has 0 aliphatic carbocycles. The summed E-state index contributed by atoms with van der Waals surface area (Å²) in [6, 6.07) is 4.64.